The molecule has 32 heavy (non-hydrogen) atoms. The van der Waals surface area contributed by atoms with E-state index in [4.69, 9.17) is 0 Å². The van der Waals surface area contributed by atoms with Gasteiger partial charge in [-0.15, -0.1) is 0 Å². The summed E-state index contributed by atoms with van der Waals surface area (Å²) in [7, 11) is -3.66. The molecule has 170 valence electrons. The van der Waals surface area contributed by atoms with Crippen LogP contribution in [0.1, 0.15) is 39.5 Å². The topological polar surface area (TPSA) is 104 Å². The molecule has 0 radical (unpaired) electrons. The normalized spacial score (nSPS) is 19.3. The second kappa shape index (κ2) is 9.42. The number of imidazole rings is 1. The zero-order valence-corrected chi connectivity index (χ0v) is 19.3. The molecule has 3 aromatic rings. The third-order valence-corrected chi connectivity index (χ3v) is 7.43. The van der Waals surface area contributed by atoms with Crippen LogP contribution in [0.25, 0.3) is 22.4 Å². The highest BCUT2D eigenvalue weighted by Crippen LogP contribution is 2.27. The predicted octanol–water partition coefficient (Wildman–Crippen LogP) is 3.84. The first-order valence-electron chi connectivity index (χ1n) is 11.2. The number of hydrogen-bond donors (Lipinski definition) is 3. The van der Waals surface area contributed by atoms with Crippen LogP contribution in [0, 0.1) is 11.8 Å². The zero-order chi connectivity index (χ0) is 22.7. The summed E-state index contributed by atoms with van der Waals surface area (Å²) in [5.74, 6) is 1.17. The second-order valence-electron chi connectivity index (χ2n) is 8.94. The van der Waals surface area contributed by atoms with Crippen molar-refractivity contribution >= 4 is 27.0 Å². The van der Waals surface area contributed by atoms with E-state index < -0.39 is 10.0 Å². The molecular formula is C24H30N4O3S. The molecule has 2 aromatic carbocycles. The maximum absolute atomic E-state index is 13.0. The van der Waals surface area contributed by atoms with E-state index in [1.165, 1.54) is 0 Å². The lowest BCUT2D eigenvalue weighted by atomic mass is 9.86. The van der Waals surface area contributed by atoms with E-state index in [-0.39, 0.29) is 22.8 Å². The number of H-pyrrole nitrogens is 1. The molecule has 0 atom stereocenters. The fourth-order valence-corrected chi connectivity index (χ4v) is 5.43. The number of aromatic nitrogens is 2. The molecule has 0 aliphatic heterocycles. The van der Waals surface area contributed by atoms with Gasteiger partial charge in [-0.05, 0) is 49.8 Å². The Kier molecular flexibility index (Phi) is 6.62. The van der Waals surface area contributed by atoms with Crippen molar-refractivity contribution < 1.29 is 13.2 Å². The van der Waals surface area contributed by atoms with Gasteiger partial charge in [0.1, 0.15) is 5.82 Å². The van der Waals surface area contributed by atoms with Crippen LogP contribution in [0.2, 0.25) is 0 Å². The molecule has 1 saturated carbocycles. The molecule has 8 heteroatoms. The van der Waals surface area contributed by atoms with Crippen LogP contribution in [-0.2, 0) is 14.8 Å². The number of amides is 1. The largest absolute Gasteiger partial charge is 0.356 e. The van der Waals surface area contributed by atoms with Gasteiger partial charge in [0.05, 0.1) is 15.9 Å². The van der Waals surface area contributed by atoms with Gasteiger partial charge in [0.2, 0.25) is 15.9 Å². The summed E-state index contributed by atoms with van der Waals surface area (Å²) in [5, 5.41) is 2.98. The number of nitrogens with zero attached hydrogens (tertiary/aromatic N) is 1. The van der Waals surface area contributed by atoms with E-state index in [1.807, 2.05) is 30.3 Å². The van der Waals surface area contributed by atoms with Gasteiger partial charge in [-0.3, -0.25) is 4.79 Å². The molecule has 1 aliphatic rings. The van der Waals surface area contributed by atoms with Crippen LogP contribution in [0.3, 0.4) is 0 Å². The van der Waals surface area contributed by atoms with Gasteiger partial charge in [-0.25, -0.2) is 18.1 Å². The molecular weight excluding hydrogens is 424 g/mol. The number of carbonyl (C=O) groups is 1. The van der Waals surface area contributed by atoms with Gasteiger partial charge in [0.25, 0.3) is 0 Å². The fraction of sp³-hybridized carbons (Fsp3) is 0.417. The van der Waals surface area contributed by atoms with Crippen LogP contribution in [-0.4, -0.2) is 36.9 Å². The maximum Gasteiger partial charge on any atom is 0.240 e. The third kappa shape index (κ3) is 5.19. The molecule has 7 nitrogen and oxygen atoms in total. The molecule has 1 fully saturated rings. The molecule has 0 spiro atoms. The molecule has 0 unspecified atom stereocenters. The van der Waals surface area contributed by atoms with Crippen molar-refractivity contribution in [2.75, 3.05) is 6.54 Å². The second-order valence-corrected chi connectivity index (χ2v) is 10.7. The Morgan fingerprint density at radius 2 is 1.81 bits per heavy atom. The van der Waals surface area contributed by atoms with Crippen LogP contribution in [0.4, 0.5) is 0 Å². The highest BCUT2D eigenvalue weighted by molar-refractivity contribution is 7.89. The maximum atomic E-state index is 13.0. The molecule has 1 heterocycles. The molecule has 1 aromatic heterocycles. The first-order chi connectivity index (χ1) is 15.3. The first-order valence-corrected chi connectivity index (χ1v) is 12.7. The SMILES string of the molecule is CC(C)CNC(=O)C1CCC(NS(=O)(=O)c2ccc3nc(-c4ccccc4)[nH]c3c2)CC1. The number of benzene rings is 2. The van der Waals surface area contributed by atoms with Crippen LogP contribution < -0.4 is 10.0 Å². The number of sulfonamides is 1. The molecule has 0 saturated heterocycles. The van der Waals surface area contributed by atoms with Crippen LogP contribution in [0.5, 0.6) is 0 Å². The highest BCUT2D eigenvalue weighted by Gasteiger charge is 2.29. The lowest BCUT2D eigenvalue weighted by Crippen LogP contribution is -2.41. The molecule has 1 aliphatic carbocycles. The minimum atomic E-state index is -3.66. The number of rotatable bonds is 7. The summed E-state index contributed by atoms with van der Waals surface area (Å²) in [6, 6.07) is 14.5. The summed E-state index contributed by atoms with van der Waals surface area (Å²) in [4.78, 5) is 20.3. The van der Waals surface area contributed by atoms with E-state index >= 15 is 0 Å². The van der Waals surface area contributed by atoms with E-state index in [1.54, 1.807) is 18.2 Å². The van der Waals surface area contributed by atoms with Gasteiger partial charge >= 0.3 is 0 Å². The smallest absolute Gasteiger partial charge is 0.240 e. The van der Waals surface area contributed by atoms with E-state index in [2.05, 4.69) is 33.9 Å². The highest BCUT2D eigenvalue weighted by atomic mass is 32.2. The Hall–Kier alpha value is -2.71. The first kappa shape index (κ1) is 22.5. The number of hydrogen-bond acceptors (Lipinski definition) is 4. The van der Waals surface area contributed by atoms with Crippen molar-refractivity contribution in [1.29, 1.82) is 0 Å². The van der Waals surface area contributed by atoms with Crippen molar-refractivity contribution in [3.63, 3.8) is 0 Å². The summed E-state index contributed by atoms with van der Waals surface area (Å²) in [6.45, 7) is 4.80. The summed E-state index contributed by atoms with van der Waals surface area (Å²) >= 11 is 0. The van der Waals surface area contributed by atoms with Gasteiger partial charge in [-0.1, -0.05) is 44.2 Å². The minimum absolute atomic E-state index is 0.0349. The van der Waals surface area contributed by atoms with Gasteiger partial charge < -0.3 is 10.3 Å². The van der Waals surface area contributed by atoms with E-state index in [0.717, 1.165) is 11.1 Å². The lowest BCUT2D eigenvalue weighted by molar-refractivity contribution is -0.126. The van der Waals surface area contributed by atoms with Crippen molar-refractivity contribution in [2.45, 2.75) is 50.5 Å². The average molecular weight is 455 g/mol. The number of carbonyl (C=O) groups excluding carboxylic acids is 1. The monoisotopic (exact) mass is 454 g/mol. The Morgan fingerprint density at radius 3 is 2.50 bits per heavy atom. The number of aromatic amines is 1. The Morgan fingerprint density at radius 1 is 1.09 bits per heavy atom. The Bertz CT molecular complexity index is 1180. The standard InChI is InChI=1S/C24H30N4O3S/c1-16(2)15-25-24(29)18-8-10-19(11-9-18)28-32(30,31)20-12-13-21-22(14-20)27-23(26-21)17-6-4-3-5-7-17/h3-7,12-14,16,18-19,28H,8-11,15H2,1-2H3,(H,25,29)(H,26,27). The zero-order valence-electron chi connectivity index (χ0n) is 18.5. The van der Waals surface area contributed by atoms with Crippen LogP contribution in [0.15, 0.2) is 53.4 Å². The average Bonchev–Trinajstić information content (AvgIpc) is 3.22. The summed E-state index contributed by atoms with van der Waals surface area (Å²) in [5.41, 5.74) is 2.34. The van der Waals surface area contributed by atoms with Crippen LogP contribution >= 0.6 is 0 Å². The van der Waals surface area contributed by atoms with Gasteiger partial charge in [-0.2, -0.15) is 0 Å². The van der Waals surface area contributed by atoms with E-state index in [0.29, 0.717) is 49.5 Å². The van der Waals surface area contributed by atoms with Gasteiger partial charge in [0, 0.05) is 24.1 Å². The predicted molar refractivity (Wildman–Crippen MR) is 125 cm³/mol. The molecule has 1 amide bonds. The fourth-order valence-electron chi connectivity index (χ4n) is 4.10. The molecule has 3 N–H and O–H groups in total. The van der Waals surface area contributed by atoms with Crippen molar-refractivity contribution in [2.24, 2.45) is 11.8 Å². The number of fused-ring (bicyclic) bond motifs is 1. The number of nitrogens with one attached hydrogen (secondary N) is 3. The Balaban J connectivity index is 1.41. The third-order valence-electron chi connectivity index (χ3n) is 5.92. The van der Waals surface area contributed by atoms with Crippen molar-refractivity contribution in [3.8, 4) is 11.4 Å². The van der Waals surface area contributed by atoms with Crippen molar-refractivity contribution in [3.05, 3.63) is 48.5 Å². The quantitative estimate of drug-likeness (QED) is 0.504. The summed E-state index contributed by atoms with van der Waals surface area (Å²) in [6.07, 6.45) is 2.70. The molecule has 4 rings (SSSR count). The Labute approximate surface area is 189 Å². The van der Waals surface area contributed by atoms with Crippen molar-refractivity contribution in [1.82, 2.24) is 20.0 Å². The lowest BCUT2D eigenvalue weighted by Gasteiger charge is -2.28. The summed E-state index contributed by atoms with van der Waals surface area (Å²) < 4.78 is 28.8. The van der Waals surface area contributed by atoms with E-state index in [9.17, 15) is 13.2 Å². The minimum Gasteiger partial charge on any atom is -0.356 e. The molecule has 0 bridgehead atoms. The van der Waals surface area contributed by atoms with Gasteiger partial charge in [0.15, 0.2) is 0 Å².